The number of benzene rings is 1. The highest BCUT2D eigenvalue weighted by atomic mass is 35.5. The second-order valence-electron chi connectivity index (χ2n) is 3.39. The van der Waals surface area contributed by atoms with Crippen LogP contribution in [0.15, 0.2) is 36.5 Å². The lowest BCUT2D eigenvalue weighted by atomic mass is 10.1. The molecule has 1 N–H and O–H groups in total. The topological polar surface area (TPSA) is 42.0 Å². The van der Waals surface area contributed by atoms with Crippen LogP contribution in [0.1, 0.15) is 5.69 Å². The van der Waals surface area contributed by atoms with E-state index in [0.29, 0.717) is 6.54 Å². The average molecular weight is 235 g/mol. The summed E-state index contributed by atoms with van der Waals surface area (Å²) in [5.74, 6) is -0.207. The molecule has 0 radical (unpaired) electrons. The maximum absolute atomic E-state index is 11.1. The van der Waals surface area contributed by atoms with E-state index in [9.17, 15) is 4.79 Å². The van der Waals surface area contributed by atoms with Crippen molar-refractivity contribution >= 4 is 28.3 Å². The number of nitrogens with one attached hydrogen (secondary N) is 1. The summed E-state index contributed by atoms with van der Waals surface area (Å²) in [4.78, 5) is 15.3. The minimum Gasteiger partial charge on any atom is -0.349 e. The number of pyridine rings is 1. The average Bonchev–Trinajstić information content (AvgIpc) is 2.35. The van der Waals surface area contributed by atoms with Gasteiger partial charge in [-0.25, -0.2) is 0 Å². The van der Waals surface area contributed by atoms with E-state index < -0.39 is 0 Å². The summed E-state index contributed by atoms with van der Waals surface area (Å²) < 4.78 is 0. The van der Waals surface area contributed by atoms with Crippen LogP contribution in [0.5, 0.6) is 0 Å². The minimum atomic E-state index is -0.184. The van der Waals surface area contributed by atoms with Gasteiger partial charge in [0.2, 0.25) is 5.91 Å². The SMILES string of the molecule is O=C(CCl)NCc1nccc2ccccc12. The molecule has 1 amide bonds. The summed E-state index contributed by atoms with van der Waals surface area (Å²) in [7, 11) is 0. The summed E-state index contributed by atoms with van der Waals surface area (Å²) in [5, 5.41) is 4.88. The Kier molecular flexibility index (Phi) is 3.37. The normalized spacial score (nSPS) is 10.3. The molecule has 0 aliphatic rings. The van der Waals surface area contributed by atoms with Gasteiger partial charge in [-0.15, -0.1) is 11.6 Å². The van der Waals surface area contributed by atoms with E-state index in [0.717, 1.165) is 16.5 Å². The molecule has 0 bridgehead atoms. The van der Waals surface area contributed by atoms with Gasteiger partial charge in [-0.3, -0.25) is 9.78 Å². The quantitative estimate of drug-likeness (QED) is 0.827. The third-order valence-electron chi connectivity index (χ3n) is 2.33. The number of nitrogens with zero attached hydrogens (tertiary/aromatic N) is 1. The molecule has 1 aromatic carbocycles. The zero-order valence-corrected chi connectivity index (χ0v) is 9.37. The van der Waals surface area contributed by atoms with Crippen molar-refractivity contribution in [1.29, 1.82) is 0 Å². The molecule has 1 heterocycles. The largest absolute Gasteiger partial charge is 0.349 e. The van der Waals surface area contributed by atoms with Gasteiger partial charge in [0.05, 0.1) is 12.2 Å². The molecule has 0 spiro atoms. The molecule has 0 fully saturated rings. The number of hydrogen-bond donors (Lipinski definition) is 1. The Morgan fingerprint density at radius 3 is 2.94 bits per heavy atom. The molecule has 0 atom stereocenters. The van der Waals surface area contributed by atoms with Gasteiger partial charge >= 0.3 is 0 Å². The maximum atomic E-state index is 11.1. The van der Waals surface area contributed by atoms with Crippen LogP contribution in [0.4, 0.5) is 0 Å². The smallest absolute Gasteiger partial charge is 0.235 e. The third kappa shape index (κ3) is 2.31. The first-order valence-corrected chi connectivity index (χ1v) is 5.50. The molecule has 0 aliphatic heterocycles. The van der Waals surface area contributed by atoms with Gasteiger partial charge < -0.3 is 5.32 Å². The Hall–Kier alpha value is -1.61. The zero-order chi connectivity index (χ0) is 11.4. The fraction of sp³-hybridized carbons (Fsp3) is 0.167. The van der Waals surface area contributed by atoms with Gasteiger partial charge in [0.1, 0.15) is 5.88 Å². The number of aromatic nitrogens is 1. The lowest BCUT2D eigenvalue weighted by molar-refractivity contribution is -0.118. The van der Waals surface area contributed by atoms with E-state index in [-0.39, 0.29) is 11.8 Å². The summed E-state index contributed by atoms with van der Waals surface area (Å²) in [5.41, 5.74) is 0.858. The van der Waals surface area contributed by atoms with Crippen LogP contribution in [-0.4, -0.2) is 16.8 Å². The van der Waals surface area contributed by atoms with Gasteiger partial charge in [-0.05, 0) is 11.5 Å². The van der Waals surface area contributed by atoms with Crippen molar-refractivity contribution in [1.82, 2.24) is 10.3 Å². The van der Waals surface area contributed by atoms with Crippen LogP contribution < -0.4 is 5.32 Å². The van der Waals surface area contributed by atoms with E-state index in [1.807, 2.05) is 30.3 Å². The predicted octanol–water partition coefficient (Wildman–Crippen LogP) is 2.09. The Balaban J connectivity index is 2.27. The van der Waals surface area contributed by atoms with Crippen LogP contribution in [0.2, 0.25) is 0 Å². The van der Waals surface area contributed by atoms with E-state index in [1.54, 1.807) is 6.20 Å². The number of alkyl halides is 1. The number of carbonyl (C=O) groups excluding carboxylic acids is 1. The summed E-state index contributed by atoms with van der Waals surface area (Å²) in [6.45, 7) is 0.410. The molecule has 1 aromatic heterocycles. The van der Waals surface area contributed by atoms with E-state index in [4.69, 9.17) is 11.6 Å². The third-order valence-corrected chi connectivity index (χ3v) is 2.57. The highest BCUT2D eigenvalue weighted by Crippen LogP contribution is 2.15. The number of fused-ring (bicyclic) bond motifs is 1. The van der Waals surface area contributed by atoms with Crippen molar-refractivity contribution in [2.45, 2.75) is 6.54 Å². The highest BCUT2D eigenvalue weighted by molar-refractivity contribution is 6.27. The number of hydrogen-bond acceptors (Lipinski definition) is 2. The fourth-order valence-electron chi connectivity index (χ4n) is 1.55. The molecule has 0 saturated heterocycles. The first-order valence-electron chi connectivity index (χ1n) is 4.96. The zero-order valence-electron chi connectivity index (χ0n) is 8.61. The Morgan fingerprint density at radius 1 is 1.31 bits per heavy atom. The molecular formula is C12H11ClN2O. The van der Waals surface area contributed by atoms with Gasteiger partial charge in [0.25, 0.3) is 0 Å². The minimum absolute atomic E-state index is 0.0230. The van der Waals surface area contributed by atoms with Gasteiger partial charge in [-0.1, -0.05) is 24.3 Å². The second-order valence-corrected chi connectivity index (χ2v) is 3.66. The molecule has 0 saturated carbocycles. The van der Waals surface area contributed by atoms with Crippen molar-refractivity contribution in [2.24, 2.45) is 0 Å². The van der Waals surface area contributed by atoms with Crippen molar-refractivity contribution < 1.29 is 4.79 Å². The monoisotopic (exact) mass is 234 g/mol. The molecular weight excluding hydrogens is 224 g/mol. The van der Waals surface area contributed by atoms with Crippen molar-refractivity contribution in [2.75, 3.05) is 5.88 Å². The van der Waals surface area contributed by atoms with Gasteiger partial charge in [0, 0.05) is 11.6 Å². The predicted molar refractivity (Wildman–Crippen MR) is 64.3 cm³/mol. The molecule has 0 aliphatic carbocycles. The molecule has 2 rings (SSSR count). The first kappa shape index (κ1) is 10.9. The van der Waals surface area contributed by atoms with E-state index in [2.05, 4.69) is 10.3 Å². The Labute approximate surface area is 98.4 Å². The lowest BCUT2D eigenvalue weighted by Crippen LogP contribution is -2.24. The van der Waals surface area contributed by atoms with Crippen molar-refractivity contribution in [3.63, 3.8) is 0 Å². The Morgan fingerprint density at radius 2 is 2.12 bits per heavy atom. The lowest BCUT2D eigenvalue weighted by Gasteiger charge is -2.06. The molecule has 0 unspecified atom stereocenters. The highest BCUT2D eigenvalue weighted by Gasteiger charge is 2.03. The first-order chi connectivity index (χ1) is 7.81. The Bertz CT molecular complexity index is 508. The van der Waals surface area contributed by atoms with Crippen LogP contribution >= 0.6 is 11.6 Å². The van der Waals surface area contributed by atoms with Crippen LogP contribution in [-0.2, 0) is 11.3 Å². The van der Waals surface area contributed by atoms with Gasteiger partial charge in [-0.2, -0.15) is 0 Å². The summed E-state index contributed by atoms with van der Waals surface area (Å²) >= 11 is 5.40. The van der Waals surface area contributed by atoms with E-state index >= 15 is 0 Å². The van der Waals surface area contributed by atoms with Crippen molar-refractivity contribution in [3.05, 3.63) is 42.2 Å². The molecule has 2 aromatic rings. The van der Waals surface area contributed by atoms with Crippen LogP contribution in [0.25, 0.3) is 10.8 Å². The standard InChI is InChI=1S/C12H11ClN2O/c13-7-12(16)15-8-11-10-4-2-1-3-9(10)5-6-14-11/h1-6H,7-8H2,(H,15,16). The summed E-state index contributed by atoms with van der Waals surface area (Å²) in [6.07, 6.45) is 1.74. The fourth-order valence-corrected chi connectivity index (χ4v) is 1.65. The van der Waals surface area contributed by atoms with Gasteiger partial charge in [0.15, 0.2) is 0 Å². The number of halogens is 1. The number of amides is 1. The molecule has 16 heavy (non-hydrogen) atoms. The second kappa shape index (κ2) is 4.94. The number of rotatable bonds is 3. The molecule has 3 nitrogen and oxygen atoms in total. The number of carbonyl (C=O) groups is 1. The summed E-state index contributed by atoms with van der Waals surface area (Å²) in [6, 6.07) is 9.89. The van der Waals surface area contributed by atoms with Crippen molar-refractivity contribution in [3.8, 4) is 0 Å². The van der Waals surface area contributed by atoms with E-state index in [1.165, 1.54) is 0 Å². The molecule has 4 heteroatoms. The molecule has 82 valence electrons. The van der Waals surface area contributed by atoms with Crippen LogP contribution in [0, 0.1) is 0 Å². The van der Waals surface area contributed by atoms with Crippen LogP contribution in [0.3, 0.4) is 0 Å². The maximum Gasteiger partial charge on any atom is 0.235 e.